The van der Waals surface area contributed by atoms with Crippen LogP contribution >= 0.6 is 11.5 Å². The summed E-state index contributed by atoms with van der Waals surface area (Å²) in [4.78, 5) is 0. The average Bonchev–Trinajstić information content (AvgIpc) is 2.96. The van der Waals surface area contributed by atoms with E-state index in [0.717, 1.165) is 30.8 Å². The van der Waals surface area contributed by atoms with Crippen LogP contribution in [0.2, 0.25) is 0 Å². The number of aryl methyl sites for hydroxylation is 1. The van der Waals surface area contributed by atoms with Crippen molar-refractivity contribution in [3.63, 3.8) is 0 Å². The Kier molecular flexibility index (Phi) is 4.07. The smallest absolute Gasteiger partial charge is 0.103 e. The van der Waals surface area contributed by atoms with Gasteiger partial charge >= 0.3 is 0 Å². The van der Waals surface area contributed by atoms with Gasteiger partial charge in [0.25, 0.3) is 0 Å². The van der Waals surface area contributed by atoms with Crippen molar-refractivity contribution in [2.75, 3.05) is 0 Å². The molecular weight excluding hydrogens is 222 g/mol. The van der Waals surface area contributed by atoms with Crippen molar-refractivity contribution in [2.24, 2.45) is 0 Å². The molecule has 5 heteroatoms. The van der Waals surface area contributed by atoms with Gasteiger partial charge in [-0.25, -0.2) is 0 Å². The SMILES string of the molecule is CC(CCc1ccco1)NCc1csnn1. The van der Waals surface area contributed by atoms with Gasteiger partial charge in [-0.3, -0.25) is 0 Å². The fraction of sp³-hybridized carbons (Fsp3) is 0.455. The van der Waals surface area contributed by atoms with E-state index in [4.69, 9.17) is 4.42 Å². The zero-order chi connectivity index (χ0) is 11.2. The zero-order valence-electron chi connectivity index (χ0n) is 9.22. The third-order valence-corrected chi connectivity index (χ3v) is 2.99. The van der Waals surface area contributed by atoms with Crippen molar-refractivity contribution in [1.29, 1.82) is 0 Å². The largest absolute Gasteiger partial charge is 0.469 e. The summed E-state index contributed by atoms with van der Waals surface area (Å²) >= 11 is 1.39. The van der Waals surface area contributed by atoms with Crippen molar-refractivity contribution in [1.82, 2.24) is 14.9 Å². The van der Waals surface area contributed by atoms with Gasteiger partial charge in [-0.2, -0.15) is 0 Å². The third kappa shape index (κ3) is 3.43. The molecule has 4 nitrogen and oxygen atoms in total. The van der Waals surface area contributed by atoms with Gasteiger partial charge in [0.2, 0.25) is 0 Å². The number of hydrogen-bond donors (Lipinski definition) is 1. The fourth-order valence-corrected chi connectivity index (χ4v) is 1.91. The molecule has 0 amide bonds. The minimum Gasteiger partial charge on any atom is -0.469 e. The van der Waals surface area contributed by atoms with Crippen LogP contribution in [0.4, 0.5) is 0 Å². The Morgan fingerprint density at radius 3 is 3.19 bits per heavy atom. The lowest BCUT2D eigenvalue weighted by molar-refractivity contribution is 0.458. The van der Waals surface area contributed by atoms with E-state index in [1.165, 1.54) is 11.5 Å². The first-order chi connectivity index (χ1) is 7.84. The first kappa shape index (κ1) is 11.3. The summed E-state index contributed by atoms with van der Waals surface area (Å²) in [5.41, 5.74) is 1.01. The average molecular weight is 237 g/mol. The molecule has 1 atom stereocenters. The van der Waals surface area contributed by atoms with Gasteiger partial charge in [0.15, 0.2) is 0 Å². The summed E-state index contributed by atoms with van der Waals surface area (Å²) in [6.45, 7) is 2.96. The summed E-state index contributed by atoms with van der Waals surface area (Å²) in [7, 11) is 0. The van der Waals surface area contributed by atoms with E-state index in [9.17, 15) is 0 Å². The highest BCUT2D eigenvalue weighted by molar-refractivity contribution is 7.03. The minimum atomic E-state index is 0.451. The van der Waals surface area contributed by atoms with Crippen LogP contribution in [0.25, 0.3) is 0 Å². The highest BCUT2D eigenvalue weighted by Crippen LogP contribution is 2.06. The molecule has 2 aromatic heterocycles. The highest BCUT2D eigenvalue weighted by Gasteiger charge is 2.04. The van der Waals surface area contributed by atoms with Crippen molar-refractivity contribution < 1.29 is 4.42 Å². The van der Waals surface area contributed by atoms with Gasteiger partial charge in [-0.15, -0.1) is 5.10 Å². The number of hydrogen-bond acceptors (Lipinski definition) is 5. The van der Waals surface area contributed by atoms with Crippen LogP contribution < -0.4 is 5.32 Å². The summed E-state index contributed by atoms with van der Waals surface area (Å²) in [5.74, 6) is 1.05. The lowest BCUT2D eigenvalue weighted by Gasteiger charge is -2.11. The Bertz CT molecular complexity index is 347. The van der Waals surface area contributed by atoms with Gasteiger partial charge in [0.05, 0.1) is 12.0 Å². The second-order valence-electron chi connectivity index (χ2n) is 3.80. The maximum absolute atomic E-state index is 5.29. The summed E-state index contributed by atoms with van der Waals surface area (Å²) < 4.78 is 9.11. The monoisotopic (exact) mass is 237 g/mol. The molecule has 0 saturated carbocycles. The lowest BCUT2D eigenvalue weighted by atomic mass is 10.1. The first-order valence-corrected chi connectivity index (χ1v) is 6.20. The van der Waals surface area contributed by atoms with Crippen LogP contribution in [0.5, 0.6) is 0 Å². The van der Waals surface area contributed by atoms with E-state index in [1.807, 2.05) is 17.5 Å². The van der Waals surface area contributed by atoms with Crippen molar-refractivity contribution in [3.05, 3.63) is 35.2 Å². The summed E-state index contributed by atoms with van der Waals surface area (Å²) in [6, 6.07) is 4.39. The molecule has 2 aromatic rings. The Balaban J connectivity index is 1.66. The molecule has 86 valence electrons. The van der Waals surface area contributed by atoms with E-state index in [-0.39, 0.29) is 0 Å². The molecule has 0 radical (unpaired) electrons. The van der Waals surface area contributed by atoms with Gasteiger partial charge in [0.1, 0.15) is 5.76 Å². The number of nitrogens with one attached hydrogen (secondary N) is 1. The van der Waals surface area contributed by atoms with Gasteiger partial charge in [0, 0.05) is 24.4 Å². The second-order valence-corrected chi connectivity index (χ2v) is 4.41. The van der Waals surface area contributed by atoms with Crippen molar-refractivity contribution in [3.8, 4) is 0 Å². The van der Waals surface area contributed by atoms with Crippen LogP contribution in [0.3, 0.4) is 0 Å². The molecule has 2 rings (SSSR count). The van der Waals surface area contributed by atoms with Gasteiger partial charge in [-0.1, -0.05) is 4.49 Å². The number of aromatic nitrogens is 2. The third-order valence-electron chi connectivity index (χ3n) is 2.44. The van der Waals surface area contributed by atoms with Crippen molar-refractivity contribution >= 4 is 11.5 Å². The molecule has 0 aliphatic carbocycles. The predicted molar refractivity (Wildman–Crippen MR) is 63.2 cm³/mol. The second kappa shape index (κ2) is 5.77. The van der Waals surface area contributed by atoms with Crippen LogP contribution in [0, 0.1) is 0 Å². The molecule has 1 N–H and O–H groups in total. The fourth-order valence-electron chi connectivity index (χ4n) is 1.46. The standard InChI is InChI=1S/C11H15N3OS/c1-9(4-5-11-3-2-6-15-11)12-7-10-8-16-14-13-10/h2-3,6,8-9,12H,4-5,7H2,1H3. The molecule has 0 bridgehead atoms. The van der Waals surface area contributed by atoms with Crippen LogP contribution in [-0.4, -0.2) is 15.6 Å². The predicted octanol–water partition coefficient (Wildman–Crippen LogP) is 2.24. The molecule has 0 aliphatic rings. The summed E-state index contributed by atoms with van der Waals surface area (Å²) in [6.07, 6.45) is 3.75. The summed E-state index contributed by atoms with van der Waals surface area (Å²) in [5, 5.41) is 9.36. The molecule has 0 aliphatic heterocycles. The normalized spacial score (nSPS) is 12.8. The molecule has 16 heavy (non-hydrogen) atoms. The number of furan rings is 1. The van der Waals surface area contributed by atoms with E-state index in [2.05, 4.69) is 21.8 Å². The molecule has 0 spiro atoms. The Labute approximate surface area is 98.8 Å². The maximum atomic E-state index is 5.29. The molecule has 0 saturated heterocycles. The highest BCUT2D eigenvalue weighted by atomic mass is 32.1. The molecule has 0 fully saturated rings. The molecular formula is C11H15N3OS. The quantitative estimate of drug-likeness (QED) is 0.837. The number of rotatable bonds is 6. The van der Waals surface area contributed by atoms with Gasteiger partial charge in [-0.05, 0) is 37.0 Å². The lowest BCUT2D eigenvalue weighted by Crippen LogP contribution is -2.26. The van der Waals surface area contributed by atoms with E-state index >= 15 is 0 Å². The Morgan fingerprint density at radius 2 is 2.50 bits per heavy atom. The Morgan fingerprint density at radius 1 is 1.56 bits per heavy atom. The van der Waals surface area contributed by atoms with E-state index in [1.54, 1.807) is 6.26 Å². The zero-order valence-corrected chi connectivity index (χ0v) is 10.0. The molecule has 1 unspecified atom stereocenters. The van der Waals surface area contributed by atoms with E-state index in [0.29, 0.717) is 6.04 Å². The minimum absolute atomic E-state index is 0.451. The maximum Gasteiger partial charge on any atom is 0.103 e. The molecule has 2 heterocycles. The Hall–Kier alpha value is -1.20. The van der Waals surface area contributed by atoms with Crippen LogP contribution in [0.15, 0.2) is 28.2 Å². The van der Waals surface area contributed by atoms with Crippen molar-refractivity contribution in [2.45, 2.75) is 32.4 Å². The topological polar surface area (TPSA) is 51.0 Å². The first-order valence-electron chi connectivity index (χ1n) is 5.36. The molecule has 0 aromatic carbocycles. The van der Waals surface area contributed by atoms with Crippen LogP contribution in [-0.2, 0) is 13.0 Å². The van der Waals surface area contributed by atoms with Gasteiger partial charge < -0.3 is 9.73 Å². The van der Waals surface area contributed by atoms with E-state index < -0.39 is 0 Å². The van der Waals surface area contributed by atoms with Crippen LogP contribution in [0.1, 0.15) is 24.8 Å². The number of nitrogens with zero attached hydrogens (tertiary/aromatic N) is 2.